The summed E-state index contributed by atoms with van der Waals surface area (Å²) < 4.78 is 15.5. The fraction of sp³-hybridized carbons (Fsp3) is 0.0556. The molecule has 2 N–H and O–H groups in total. The van der Waals surface area contributed by atoms with Gasteiger partial charge in [0.2, 0.25) is 0 Å². The Kier molecular flexibility index (Phi) is 4.53. The summed E-state index contributed by atoms with van der Waals surface area (Å²) in [6, 6.07) is 7.68. The van der Waals surface area contributed by atoms with Gasteiger partial charge in [0.05, 0.1) is 17.5 Å². The summed E-state index contributed by atoms with van der Waals surface area (Å²) in [5.74, 6) is -0.949. The highest BCUT2D eigenvalue weighted by Crippen LogP contribution is 2.09. The summed E-state index contributed by atoms with van der Waals surface area (Å²) >= 11 is 1.22. The molecule has 8 nitrogen and oxygen atoms in total. The summed E-state index contributed by atoms with van der Waals surface area (Å²) in [6.07, 6.45) is 2.94. The normalized spacial score (nSPS) is 11.8. The SMILES string of the molecule is O=C(N=c1sccn1Cc1ccccc1F)c1cnc2[nH]c(=O)[nH]c(=O)c2c1. The number of thiazole rings is 1. The lowest BCUT2D eigenvalue weighted by Crippen LogP contribution is -2.23. The molecule has 3 heterocycles. The number of H-pyrrole nitrogens is 2. The maximum absolute atomic E-state index is 13.9. The molecule has 4 rings (SSSR count). The Morgan fingerprint density at radius 2 is 2.07 bits per heavy atom. The van der Waals surface area contributed by atoms with Crippen molar-refractivity contribution in [3.05, 3.63) is 90.7 Å². The van der Waals surface area contributed by atoms with Crippen molar-refractivity contribution in [2.45, 2.75) is 6.54 Å². The van der Waals surface area contributed by atoms with E-state index in [9.17, 15) is 18.8 Å². The highest BCUT2D eigenvalue weighted by molar-refractivity contribution is 7.07. The van der Waals surface area contributed by atoms with Gasteiger partial charge in [0.1, 0.15) is 11.5 Å². The Balaban J connectivity index is 1.71. The second kappa shape index (κ2) is 7.16. The molecule has 28 heavy (non-hydrogen) atoms. The van der Waals surface area contributed by atoms with Gasteiger partial charge in [0, 0.05) is 23.3 Å². The number of hydrogen-bond donors (Lipinski definition) is 2. The highest BCUT2D eigenvalue weighted by Gasteiger charge is 2.10. The molecule has 0 spiro atoms. The molecule has 0 saturated heterocycles. The molecular weight excluding hydrogens is 385 g/mol. The topological polar surface area (TPSA) is 113 Å². The lowest BCUT2D eigenvalue weighted by molar-refractivity contribution is 0.0997. The summed E-state index contributed by atoms with van der Waals surface area (Å²) in [4.78, 5) is 48.6. The van der Waals surface area contributed by atoms with Crippen LogP contribution in [0, 0.1) is 5.82 Å². The standard InChI is InChI=1S/C18H12FN5O3S/c19-13-4-2-1-3-10(13)9-24-5-6-28-18(24)23-15(25)11-7-12-14(20-8-11)21-17(27)22-16(12)26/h1-8H,9H2,(H2,20,21,22,26,27). The molecule has 0 saturated carbocycles. The zero-order valence-corrected chi connectivity index (χ0v) is 15.0. The van der Waals surface area contributed by atoms with Crippen LogP contribution in [-0.4, -0.2) is 25.4 Å². The fourth-order valence-corrected chi connectivity index (χ4v) is 3.36. The molecule has 0 fully saturated rings. The highest BCUT2D eigenvalue weighted by atomic mass is 32.1. The van der Waals surface area contributed by atoms with E-state index in [4.69, 9.17) is 0 Å². The molecule has 0 aliphatic carbocycles. The Bertz CT molecular complexity index is 1380. The van der Waals surface area contributed by atoms with Crippen molar-refractivity contribution in [3.8, 4) is 0 Å². The van der Waals surface area contributed by atoms with E-state index >= 15 is 0 Å². The minimum absolute atomic E-state index is 0.0751. The number of fused-ring (bicyclic) bond motifs is 1. The second-order valence-corrected chi connectivity index (χ2v) is 6.72. The van der Waals surface area contributed by atoms with Crippen LogP contribution in [-0.2, 0) is 6.54 Å². The van der Waals surface area contributed by atoms with Crippen molar-refractivity contribution in [1.82, 2.24) is 19.5 Å². The van der Waals surface area contributed by atoms with E-state index in [1.807, 2.05) is 0 Å². The smallest absolute Gasteiger partial charge is 0.319 e. The van der Waals surface area contributed by atoms with E-state index < -0.39 is 17.2 Å². The van der Waals surface area contributed by atoms with E-state index in [2.05, 4.69) is 19.9 Å². The van der Waals surface area contributed by atoms with Crippen LogP contribution >= 0.6 is 11.3 Å². The van der Waals surface area contributed by atoms with Crippen molar-refractivity contribution in [2.75, 3.05) is 0 Å². The van der Waals surface area contributed by atoms with Crippen molar-refractivity contribution in [3.63, 3.8) is 0 Å². The summed E-state index contributed by atoms with van der Waals surface area (Å²) in [6.45, 7) is 0.221. The fourth-order valence-electron chi connectivity index (χ4n) is 2.63. The van der Waals surface area contributed by atoms with Crippen LogP contribution in [0.1, 0.15) is 15.9 Å². The molecule has 0 atom stereocenters. The average Bonchev–Trinajstić information content (AvgIpc) is 3.10. The van der Waals surface area contributed by atoms with Gasteiger partial charge in [-0.15, -0.1) is 11.3 Å². The molecule has 140 valence electrons. The van der Waals surface area contributed by atoms with E-state index in [1.54, 1.807) is 34.3 Å². The van der Waals surface area contributed by atoms with Crippen LogP contribution in [0.4, 0.5) is 4.39 Å². The van der Waals surface area contributed by atoms with Crippen LogP contribution in [0.5, 0.6) is 0 Å². The van der Waals surface area contributed by atoms with Crippen LogP contribution < -0.4 is 16.1 Å². The van der Waals surface area contributed by atoms with E-state index in [1.165, 1.54) is 29.7 Å². The van der Waals surface area contributed by atoms with Gasteiger partial charge in [-0.3, -0.25) is 19.6 Å². The van der Waals surface area contributed by atoms with Crippen LogP contribution in [0.2, 0.25) is 0 Å². The third kappa shape index (κ3) is 3.45. The lowest BCUT2D eigenvalue weighted by Gasteiger charge is -2.04. The Hall–Kier alpha value is -3.66. The first-order valence-electron chi connectivity index (χ1n) is 8.10. The zero-order valence-electron chi connectivity index (χ0n) is 14.2. The van der Waals surface area contributed by atoms with Gasteiger partial charge in [0.25, 0.3) is 11.5 Å². The molecule has 0 aliphatic heterocycles. The van der Waals surface area contributed by atoms with E-state index in [-0.39, 0.29) is 29.0 Å². The Morgan fingerprint density at radius 3 is 2.89 bits per heavy atom. The molecule has 4 aromatic rings. The predicted octanol–water partition coefficient (Wildman–Crippen LogP) is 1.40. The first-order valence-corrected chi connectivity index (χ1v) is 8.98. The second-order valence-electron chi connectivity index (χ2n) is 5.85. The minimum Gasteiger partial charge on any atom is -0.319 e. The number of nitrogens with zero attached hydrogens (tertiary/aromatic N) is 3. The predicted molar refractivity (Wildman–Crippen MR) is 101 cm³/mol. The van der Waals surface area contributed by atoms with Crippen LogP contribution in [0.3, 0.4) is 0 Å². The first-order chi connectivity index (χ1) is 13.5. The quantitative estimate of drug-likeness (QED) is 0.544. The Morgan fingerprint density at radius 1 is 1.25 bits per heavy atom. The number of aromatic amines is 2. The van der Waals surface area contributed by atoms with Gasteiger partial charge >= 0.3 is 5.69 Å². The van der Waals surface area contributed by atoms with Crippen molar-refractivity contribution >= 4 is 28.3 Å². The number of pyridine rings is 1. The van der Waals surface area contributed by atoms with Crippen molar-refractivity contribution < 1.29 is 9.18 Å². The van der Waals surface area contributed by atoms with E-state index in [0.29, 0.717) is 10.4 Å². The molecule has 0 bridgehead atoms. The van der Waals surface area contributed by atoms with Gasteiger partial charge in [-0.1, -0.05) is 18.2 Å². The first kappa shape index (κ1) is 17.7. The number of benzene rings is 1. The molecule has 1 aromatic carbocycles. The van der Waals surface area contributed by atoms with Gasteiger partial charge in [-0.2, -0.15) is 4.99 Å². The van der Waals surface area contributed by atoms with Crippen molar-refractivity contribution in [2.24, 2.45) is 4.99 Å². The lowest BCUT2D eigenvalue weighted by atomic mass is 10.2. The monoisotopic (exact) mass is 397 g/mol. The zero-order chi connectivity index (χ0) is 19.7. The molecule has 0 radical (unpaired) electrons. The van der Waals surface area contributed by atoms with E-state index in [0.717, 1.165) is 0 Å². The van der Waals surface area contributed by atoms with Gasteiger partial charge in [-0.25, -0.2) is 14.2 Å². The molecule has 10 heteroatoms. The van der Waals surface area contributed by atoms with Crippen LogP contribution in [0.25, 0.3) is 11.0 Å². The van der Waals surface area contributed by atoms with Gasteiger partial charge < -0.3 is 4.57 Å². The number of amides is 1. The summed E-state index contributed by atoms with van der Waals surface area (Å²) in [5.41, 5.74) is -0.683. The number of nitrogens with one attached hydrogen (secondary N) is 2. The minimum atomic E-state index is -0.679. The molecule has 3 aromatic heterocycles. The molecule has 1 amide bonds. The van der Waals surface area contributed by atoms with Crippen molar-refractivity contribution in [1.29, 1.82) is 0 Å². The van der Waals surface area contributed by atoms with Gasteiger partial charge in [-0.05, 0) is 12.1 Å². The van der Waals surface area contributed by atoms with Crippen LogP contribution in [0.15, 0.2) is 62.7 Å². The third-order valence-corrected chi connectivity index (χ3v) is 4.79. The van der Waals surface area contributed by atoms with Gasteiger partial charge in [0.15, 0.2) is 4.80 Å². The average molecular weight is 397 g/mol. The summed E-state index contributed by atoms with van der Waals surface area (Å²) in [5, 5.41) is 1.81. The number of carbonyl (C=O) groups excluding carboxylic acids is 1. The maximum atomic E-state index is 13.9. The summed E-state index contributed by atoms with van der Waals surface area (Å²) in [7, 11) is 0. The largest absolute Gasteiger partial charge is 0.327 e. The third-order valence-electron chi connectivity index (χ3n) is 3.99. The number of rotatable bonds is 3. The molecular formula is C18H12FN5O3S. The molecule has 0 unspecified atom stereocenters. The Labute approximate surface area is 159 Å². The molecule has 0 aliphatic rings. The maximum Gasteiger partial charge on any atom is 0.327 e. The number of hydrogen-bond acceptors (Lipinski definition) is 5. The number of aromatic nitrogens is 4. The number of halogens is 1. The number of carbonyl (C=O) groups is 1.